The summed E-state index contributed by atoms with van der Waals surface area (Å²) in [6, 6.07) is 1.10. The van der Waals surface area contributed by atoms with Gasteiger partial charge in [-0.2, -0.15) is 0 Å². The van der Waals surface area contributed by atoms with E-state index >= 15 is 0 Å². The Hall–Kier alpha value is -0.860. The largest absolute Gasteiger partial charge is 0.443 e. The Labute approximate surface area is 120 Å². The van der Waals surface area contributed by atoms with E-state index < -0.39 is 15.9 Å². The van der Waals surface area contributed by atoms with E-state index in [1.807, 2.05) is 0 Å². The van der Waals surface area contributed by atoms with E-state index in [9.17, 15) is 13.2 Å². The third kappa shape index (κ3) is 4.96. The summed E-state index contributed by atoms with van der Waals surface area (Å²) in [6.45, 7) is 6.65. The van der Waals surface area contributed by atoms with E-state index in [1.54, 1.807) is 0 Å². The van der Waals surface area contributed by atoms with Crippen molar-refractivity contribution in [1.29, 1.82) is 0 Å². The van der Waals surface area contributed by atoms with Crippen molar-refractivity contribution in [3.63, 3.8) is 0 Å². The summed E-state index contributed by atoms with van der Waals surface area (Å²) in [5.74, 6) is -0.565. The highest BCUT2D eigenvalue weighted by Crippen LogP contribution is 2.25. The van der Waals surface area contributed by atoms with Crippen molar-refractivity contribution >= 4 is 31.9 Å². The molecule has 0 aliphatic carbocycles. The van der Waals surface area contributed by atoms with Crippen molar-refractivity contribution in [2.45, 2.75) is 32.1 Å². The molecule has 0 saturated carbocycles. The van der Waals surface area contributed by atoms with Gasteiger partial charge in [-0.05, 0) is 27.8 Å². The molecule has 1 aromatic heterocycles. The van der Waals surface area contributed by atoms with Crippen LogP contribution < -0.4 is 10.5 Å². The Bertz CT molecular complexity index is 572. The molecule has 1 rings (SSSR count). The zero-order chi connectivity index (χ0) is 14.8. The zero-order valence-electron chi connectivity index (χ0n) is 11.0. The monoisotopic (exact) mass is 352 g/mol. The normalized spacial score (nSPS) is 12.5. The number of amides is 1. The molecule has 0 fully saturated rings. The molecule has 8 heteroatoms. The number of rotatable bonds is 4. The third-order valence-corrected chi connectivity index (χ3v) is 4.11. The fraction of sp³-hybridized carbons (Fsp3) is 0.545. The van der Waals surface area contributed by atoms with Gasteiger partial charge < -0.3 is 9.73 Å². The molecule has 19 heavy (non-hydrogen) atoms. The summed E-state index contributed by atoms with van der Waals surface area (Å²) in [7, 11) is -3.91. The molecule has 0 bridgehead atoms. The van der Waals surface area contributed by atoms with Gasteiger partial charge in [0, 0.05) is 12.6 Å². The summed E-state index contributed by atoms with van der Waals surface area (Å²) in [5, 5.41) is 7.64. The predicted octanol–water partition coefficient (Wildman–Crippen LogP) is 1.86. The Morgan fingerprint density at radius 2 is 2.05 bits per heavy atom. The van der Waals surface area contributed by atoms with Gasteiger partial charge in [0.25, 0.3) is 5.91 Å². The highest BCUT2D eigenvalue weighted by atomic mass is 79.9. The van der Waals surface area contributed by atoms with Gasteiger partial charge in [-0.3, -0.25) is 4.79 Å². The average molecular weight is 353 g/mol. The number of halogens is 1. The van der Waals surface area contributed by atoms with Crippen LogP contribution in [0.4, 0.5) is 0 Å². The molecule has 1 amide bonds. The van der Waals surface area contributed by atoms with Crippen molar-refractivity contribution in [2.75, 3.05) is 6.54 Å². The van der Waals surface area contributed by atoms with E-state index in [0.29, 0.717) is 6.54 Å². The number of hydrogen-bond donors (Lipinski definition) is 2. The number of nitrogens with two attached hydrogens (primary N) is 1. The first-order valence-corrected chi connectivity index (χ1v) is 7.95. The van der Waals surface area contributed by atoms with Crippen molar-refractivity contribution < 1.29 is 17.6 Å². The van der Waals surface area contributed by atoms with Crippen LogP contribution in [0.1, 0.15) is 37.7 Å². The van der Waals surface area contributed by atoms with Crippen LogP contribution in [-0.4, -0.2) is 20.9 Å². The van der Waals surface area contributed by atoms with Crippen molar-refractivity contribution in [1.82, 2.24) is 5.32 Å². The van der Waals surface area contributed by atoms with Crippen LogP contribution >= 0.6 is 15.9 Å². The minimum Gasteiger partial charge on any atom is -0.443 e. The second kappa shape index (κ2) is 5.64. The molecule has 0 saturated heterocycles. The molecule has 0 radical (unpaired) electrons. The minimum absolute atomic E-state index is 0.0732. The molecule has 6 nitrogen and oxygen atoms in total. The van der Waals surface area contributed by atoms with Crippen LogP contribution in [0.25, 0.3) is 0 Å². The smallest absolute Gasteiger partial charge is 0.287 e. The van der Waals surface area contributed by atoms with Crippen LogP contribution in [0, 0.1) is 5.41 Å². The number of nitrogens with one attached hydrogen (secondary N) is 1. The van der Waals surface area contributed by atoms with Gasteiger partial charge >= 0.3 is 0 Å². The Kier molecular flexibility index (Phi) is 4.81. The summed E-state index contributed by atoms with van der Waals surface area (Å²) >= 11 is 2.92. The SMILES string of the molecule is CC(C)(C)CCNC(=O)c1cc(S(N)(=O)=O)c(Br)o1. The molecule has 0 aliphatic heterocycles. The van der Waals surface area contributed by atoms with Gasteiger partial charge in [-0.25, -0.2) is 13.6 Å². The zero-order valence-corrected chi connectivity index (χ0v) is 13.4. The number of primary sulfonamides is 1. The van der Waals surface area contributed by atoms with Crippen LogP contribution in [0.3, 0.4) is 0 Å². The van der Waals surface area contributed by atoms with E-state index in [4.69, 9.17) is 9.56 Å². The lowest BCUT2D eigenvalue weighted by Gasteiger charge is -2.17. The van der Waals surface area contributed by atoms with E-state index in [2.05, 4.69) is 42.0 Å². The first-order valence-electron chi connectivity index (χ1n) is 5.61. The Balaban J connectivity index is 2.74. The first kappa shape index (κ1) is 16.2. The number of hydrogen-bond acceptors (Lipinski definition) is 4. The molecule has 1 heterocycles. The fourth-order valence-electron chi connectivity index (χ4n) is 1.30. The number of furan rings is 1. The van der Waals surface area contributed by atoms with E-state index in [-0.39, 0.29) is 20.7 Å². The standard InChI is InChI=1S/C11H17BrN2O4S/c1-11(2,3)4-5-14-10(15)7-6-8(9(12)18-7)19(13,16)17/h6H,4-5H2,1-3H3,(H,14,15)(H2,13,16,17). The lowest BCUT2D eigenvalue weighted by atomic mass is 9.92. The number of carbonyl (C=O) groups is 1. The lowest BCUT2D eigenvalue weighted by Crippen LogP contribution is -2.26. The maximum Gasteiger partial charge on any atom is 0.287 e. The van der Waals surface area contributed by atoms with Gasteiger partial charge in [-0.15, -0.1) is 0 Å². The van der Waals surface area contributed by atoms with Gasteiger partial charge in [0.15, 0.2) is 10.4 Å². The molecule has 108 valence electrons. The van der Waals surface area contributed by atoms with Crippen molar-refractivity contribution in [3.8, 4) is 0 Å². The highest BCUT2D eigenvalue weighted by Gasteiger charge is 2.22. The molecule has 0 atom stereocenters. The topological polar surface area (TPSA) is 102 Å². The summed E-state index contributed by atoms with van der Waals surface area (Å²) < 4.78 is 27.3. The second-order valence-electron chi connectivity index (χ2n) is 5.36. The summed E-state index contributed by atoms with van der Waals surface area (Å²) in [5.41, 5.74) is 0.1000. The maximum absolute atomic E-state index is 11.8. The molecule has 1 aromatic rings. The molecule has 3 N–H and O–H groups in total. The van der Waals surface area contributed by atoms with Crippen molar-refractivity contribution in [3.05, 3.63) is 16.5 Å². The molecule has 0 aromatic carbocycles. The maximum atomic E-state index is 11.8. The van der Waals surface area contributed by atoms with Crippen LogP contribution in [-0.2, 0) is 10.0 Å². The number of carbonyl (C=O) groups excluding carboxylic acids is 1. The molecular weight excluding hydrogens is 336 g/mol. The lowest BCUT2D eigenvalue weighted by molar-refractivity contribution is 0.0920. The first-order chi connectivity index (χ1) is 8.50. The molecule has 0 spiro atoms. The average Bonchev–Trinajstić information content (AvgIpc) is 2.57. The van der Waals surface area contributed by atoms with Crippen molar-refractivity contribution in [2.24, 2.45) is 10.6 Å². The number of sulfonamides is 1. The molecule has 0 unspecified atom stereocenters. The van der Waals surface area contributed by atoms with Crippen LogP contribution in [0.2, 0.25) is 0 Å². The molecule has 0 aliphatic rings. The highest BCUT2D eigenvalue weighted by molar-refractivity contribution is 9.10. The third-order valence-electron chi connectivity index (χ3n) is 2.35. The van der Waals surface area contributed by atoms with E-state index in [1.165, 1.54) is 0 Å². The summed E-state index contributed by atoms with van der Waals surface area (Å²) in [4.78, 5) is 11.5. The molecular formula is C11H17BrN2O4S. The van der Waals surface area contributed by atoms with Gasteiger partial charge in [0.2, 0.25) is 10.0 Å². The van der Waals surface area contributed by atoms with Gasteiger partial charge in [0.05, 0.1) is 0 Å². The van der Waals surface area contributed by atoms with Crippen LogP contribution in [0.15, 0.2) is 20.0 Å². The quantitative estimate of drug-likeness (QED) is 0.862. The van der Waals surface area contributed by atoms with E-state index in [0.717, 1.165) is 12.5 Å². The van der Waals surface area contributed by atoms with Gasteiger partial charge in [-0.1, -0.05) is 20.8 Å². The Morgan fingerprint density at radius 3 is 2.47 bits per heavy atom. The van der Waals surface area contributed by atoms with Gasteiger partial charge in [0.1, 0.15) is 4.90 Å². The fourth-order valence-corrected chi connectivity index (χ4v) is 2.80. The minimum atomic E-state index is -3.91. The second-order valence-corrected chi connectivity index (χ2v) is 7.61. The Morgan fingerprint density at radius 1 is 1.47 bits per heavy atom. The van der Waals surface area contributed by atoms with Crippen LogP contribution in [0.5, 0.6) is 0 Å². The summed E-state index contributed by atoms with van der Waals surface area (Å²) in [6.07, 6.45) is 0.794. The predicted molar refractivity (Wildman–Crippen MR) is 74.2 cm³/mol.